The van der Waals surface area contributed by atoms with Gasteiger partial charge in [-0.15, -0.1) is 0 Å². The van der Waals surface area contributed by atoms with Crippen LogP contribution in [0.3, 0.4) is 0 Å². The van der Waals surface area contributed by atoms with Gasteiger partial charge in [-0.2, -0.15) is 4.33 Å². The SMILES string of the molecule is COOSc1ncc2cc(Oc3ccccc3)c(=O)n(C)c2n1. The van der Waals surface area contributed by atoms with E-state index in [1.165, 1.54) is 11.7 Å². The van der Waals surface area contributed by atoms with Gasteiger partial charge in [0.25, 0.3) is 5.56 Å². The molecule has 0 radical (unpaired) electrons. The van der Waals surface area contributed by atoms with Gasteiger partial charge < -0.3 is 4.74 Å². The normalized spacial score (nSPS) is 10.9. The Kier molecular flexibility index (Phi) is 4.56. The van der Waals surface area contributed by atoms with Gasteiger partial charge in [0.1, 0.15) is 23.4 Å². The number of ether oxygens (including phenoxy) is 1. The number of aromatic nitrogens is 3. The van der Waals surface area contributed by atoms with Crippen LogP contribution in [0.25, 0.3) is 11.0 Å². The van der Waals surface area contributed by atoms with Crippen LogP contribution in [-0.4, -0.2) is 21.6 Å². The van der Waals surface area contributed by atoms with Crippen LogP contribution in [0, 0.1) is 0 Å². The Morgan fingerprint density at radius 1 is 1.22 bits per heavy atom. The molecular formula is C15H13N3O4S. The van der Waals surface area contributed by atoms with Crippen molar-refractivity contribution in [2.45, 2.75) is 5.16 Å². The third-order valence-electron chi connectivity index (χ3n) is 3.04. The minimum absolute atomic E-state index is 0.211. The van der Waals surface area contributed by atoms with Gasteiger partial charge in [0.15, 0.2) is 5.75 Å². The number of fused-ring (bicyclic) bond motifs is 1. The van der Waals surface area contributed by atoms with E-state index in [0.29, 0.717) is 21.9 Å². The first-order valence-corrected chi connectivity index (χ1v) is 7.40. The van der Waals surface area contributed by atoms with E-state index in [4.69, 9.17) is 9.07 Å². The third kappa shape index (κ3) is 3.34. The molecule has 0 saturated carbocycles. The van der Waals surface area contributed by atoms with Crippen molar-refractivity contribution < 1.29 is 14.0 Å². The van der Waals surface area contributed by atoms with Crippen molar-refractivity contribution in [3.63, 3.8) is 0 Å². The summed E-state index contributed by atoms with van der Waals surface area (Å²) >= 11 is 0.866. The second-order valence-electron chi connectivity index (χ2n) is 4.54. The van der Waals surface area contributed by atoms with E-state index in [1.54, 1.807) is 31.4 Å². The lowest BCUT2D eigenvalue weighted by Crippen LogP contribution is -2.19. The van der Waals surface area contributed by atoms with Crippen molar-refractivity contribution in [1.29, 1.82) is 0 Å². The number of nitrogens with zero attached hydrogens (tertiary/aromatic N) is 3. The topological polar surface area (TPSA) is 75.5 Å². The molecule has 2 aromatic heterocycles. The summed E-state index contributed by atoms with van der Waals surface area (Å²) < 4.78 is 11.8. The van der Waals surface area contributed by atoms with Crippen LogP contribution in [0.2, 0.25) is 0 Å². The average Bonchev–Trinajstić information content (AvgIpc) is 2.59. The number of para-hydroxylation sites is 1. The van der Waals surface area contributed by atoms with E-state index in [1.807, 2.05) is 18.2 Å². The number of aryl methyl sites for hydroxylation is 1. The zero-order chi connectivity index (χ0) is 16.2. The maximum absolute atomic E-state index is 12.4. The molecular weight excluding hydrogens is 318 g/mol. The first-order valence-electron chi connectivity index (χ1n) is 6.66. The molecule has 0 amide bonds. The van der Waals surface area contributed by atoms with Gasteiger partial charge in [-0.05, 0) is 18.2 Å². The first kappa shape index (κ1) is 15.5. The fourth-order valence-electron chi connectivity index (χ4n) is 1.99. The molecule has 0 fully saturated rings. The Labute approximate surface area is 136 Å². The highest BCUT2D eigenvalue weighted by Gasteiger charge is 2.12. The van der Waals surface area contributed by atoms with E-state index in [0.717, 1.165) is 12.0 Å². The summed E-state index contributed by atoms with van der Waals surface area (Å²) in [4.78, 5) is 25.3. The maximum Gasteiger partial charge on any atom is 0.294 e. The van der Waals surface area contributed by atoms with Crippen LogP contribution >= 0.6 is 12.0 Å². The van der Waals surface area contributed by atoms with Crippen LogP contribution in [0.4, 0.5) is 0 Å². The second-order valence-corrected chi connectivity index (χ2v) is 5.21. The number of pyridine rings is 1. The quantitative estimate of drug-likeness (QED) is 0.308. The predicted octanol–water partition coefficient (Wildman–Crippen LogP) is 2.71. The molecule has 0 aliphatic heterocycles. The third-order valence-corrected chi connectivity index (χ3v) is 3.59. The van der Waals surface area contributed by atoms with Crippen LogP contribution < -0.4 is 10.3 Å². The summed E-state index contributed by atoms with van der Waals surface area (Å²) in [5.74, 6) is 0.800. The molecule has 118 valence electrons. The van der Waals surface area contributed by atoms with E-state index >= 15 is 0 Å². The van der Waals surface area contributed by atoms with Crippen molar-refractivity contribution in [1.82, 2.24) is 14.5 Å². The molecule has 0 aliphatic carbocycles. The minimum atomic E-state index is -0.288. The van der Waals surface area contributed by atoms with Gasteiger partial charge in [0, 0.05) is 18.6 Å². The highest BCUT2D eigenvalue weighted by Crippen LogP contribution is 2.22. The molecule has 0 aliphatic rings. The van der Waals surface area contributed by atoms with E-state index in [2.05, 4.69) is 14.9 Å². The van der Waals surface area contributed by atoms with Crippen LogP contribution in [0.1, 0.15) is 0 Å². The van der Waals surface area contributed by atoms with Gasteiger partial charge in [0.2, 0.25) is 5.16 Å². The standard InChI is InChI=1S/C15H13N3O4S/c1-18-13-10(9-16-15(17-13)23-22-20-2)8-12(14(18)19)21-11-6-4-3-5-7-11/h3-9H,1-2H3. The van der Waals surface area contributed by atoms with Crippen molar-refractivity contribution in [2.75, 3.05) is 7.11 Å². The molecule has 8 heteroatoms. The number of hydrogen-bond acceptors (Lipinski definition) is 7. The van der Waals surface area contributed by atoms with Crippen molar-refractivity contribution in [3.05, 3.63) is 52.9 Å². The Hall–Kier alpha value is -2.42. The molecule has 0 saturated heterocycles. The average molecular weight is 331 g/mol. The molecule has 3 rings (SSSR count). The number of benzene rings is 1. The summed E-state index contributed by atoms with van der Waals surface area (Å²) in [5, 5.41) is 1.02. The molecule has 0 N–H and O–H groups in total. The maximum atomic E-state index is 12.4. The Bertz CT molecular complexity index is 883. The first-order chi connectivity index (χ1) is 11.2. The Morgan fingerprint density at radius 3 is 2.74 bits per heavy atom. The molecule has 3 aromatic rings. The Morgan fingerprint density at radius 2 is 2.00 bits per heavy atom. The summed E-state index contributed by atoms with van der Waals surface area (Å²) in [7, 11) is 3.01. The molecule has 0 unspecified atom stereocenters. The van der Waals surface area contributed by atoms with Crippen molar-refractivity contribution in [3.8, 4) is 11.5 Å². The molecule has 7 nitrogen and oxygen atoms in total. The van der Waals surface area contributed by atoms with E-state index in [9.17, 15) is 4.79 Å². The zero-order valence-corrected chi connectivity index (χ0v) is 13.2. The lowest BCUT2D eigenvalue weighted by molar-refractivity contribution is -0.160. The highest BCUT2D eigenvalue weighted by molar-refractivity contribution is 7.94. The van der Waals surface area contributed by atoms with Gasteiger partial charge in [-0.1, -0.05) is 18.2 Å². The summed E-state index contributed by atoms with van der Waals surface area (Å²) in [6, 6.07) is 10.7. The molecule has 1 aromatic carbocycles. The highest BCUT2D eigenvalue weighted by atomic mass is 32.2. The summed E-state index contributed by atoms with van der Waals surface area (Å²) in [5.41, 5.74) is 0.191. The van der Waals surface area contributed by atoms with E-state index < -0.39 is 0 Å². The number of hydrogen-bond donors (Lipinski definition) is 0. The van der Waals surface area contributed by atoms with Crippen LogP contribution in [0.15, 0.2) is 52.5 Å². The zero-order valence-electron chi connectivity index (χ0n) is 12.4. The van der Waals surface area contributed by atoms with Crippen LogP contribution in [-0.2, 0) is 16.3 Å². The van der Waals surface area contributed by atoms with Gasteiger partial charge in [-0.25, -0.2) is 14.9 Å². The molecule has 0 spiro atoms. The van der Waals surface area contributed by atoms with Crippen LogP contribution in [0.5, 0.6) is 11.5 Å². The lowest BCUT2D eigenvalue weighted by atomic mass is 10.3. The fraction of sp³-hybridized carbons (Fsp3) is 0.133. The smallest absolute Gasteiger partial charge is 0.294 e. The second kappa shape index (κ2) is 6.78. The molecule has 23 heavy (non-hydrogen) atoms. The van der Waals surface area contributed by atoms with Crippen molar-refractivity contribution >= 4 is 23.1 Å². The van der Waals surface area contributed by atoms with E-state index in [-0.39, 0.29) is 11.3 Å². The largest absolute Gasteiger partial charge is 0.452 e. The number of rotatable bonds is 5. The lowest BCUT2D eigenvalue weighted by Gasteiger charge is -2.09. The van der Waals surface area contributed by atoms with Gasteiger partial charge in [0.05, 0.1) is 7.11 Å². The minimum Gasteiger partial charge on any atom is -0.452 e. The molecule has 2 heterocycles. The monoisotopic (exact) mass is 331 g/mol. The van der Waals surface area contributed by atoms with Gasteiger partial charge in [-0.3, -0.25) is 9.36 Å². The molecule has 0 bridgehead atoms. The predicted molar refractivity (Wildman–Crippen MR) is 85.2 cm³/mol. The van der Waals surface area contributed by atoms with Crippen molar-refractivity contribution in [2.24, 2.45) is 7.05 Å². The Balaban J connectivity index is 2.02. The van der Waals surface area contributed by atoms with Gasteiger partial charge >= 0.3 is 0 Å². The molecule has 0 atom stereocenters. The summed E-state index contributed by atoms with van der Waals surface area (Å²) in [6.07, 6.45) is 1.60. The summed E-state index contributed by atoms with van der Waals surface area (Å²) in [6.45, 7) is 0. The fourth-order valence-corrected chi connectivity index (χ4v) is 2.34.